The molecule has 2 fully saturated rings. The molecule has 1 amide bonds. The minimum absolute atomic E-state index is 0.195. The third kappa shape index (κ3) is 2.71. The standard InChI is InChI=1S/C15H28N2O/c1-3-10-15(2,16)14(18)17-11-6-8-12-7-4-5-9-13(12)17/h12-13H,3-11,16H2,1-2H3/t12-,13-,15?/m1/s1. The maximum Gasteiger partial charge on any atom is 0.242 e. The summed E-state index contributed by atoms with van der Waals surface area (Å²) in [6.45, 7) is 4.93. The lowest BCUT2D eigenvalue weighted by Gasteiger charge is -2.46. The largest absolute Gasteiger partial charge is 0.338 e. The van der Waals surface area contributed by atoms with Gasteiger partial charge in [-0.2, -0.15) is 0 Å². The van der Waals surface area contributed by atoms with Gasteiger partial charge in [0.2, 0.25) is 5.91 Å². The molecule has 3 atom stereocenters. The fourth-order valence-electron chi connectivity index (χ4n) is 3.83. The summed E-state index contributed by atoms with van der Waals surface area (Å²) in [5.74, 6) is 0.940. The molecule has 2 aliphatic rings. The minimum Gasteiger partial charge on any atom is -0.338 e. The third-order valence-corrected chi connectivity index (χ3v) is 4.76. The Kier molecular flexibility index (Phi) is 4.31. The van der Waals surface area contributed by atoms with Crippen LogP contribution in [0, 0.1) is 5.92 Å². The molecule has 1 heterocycles. The second-order valence-electron chi connectivity index (χ2n) is 6.42. The molecule has 1 unspecified atom stereocenters. The number of likely N-dealkylation sites (tertiary alicyclic amines) is 1. The molecule has 0 aromatic heterocycles. The van der Waals surface area contributed by atoms with E-state index >= 15 is 0 Å². The second-order valence-corrected chi connectivity index (χ2v) is 6.42. The van der Waals surface area contributed by atoms with Crippen LogP contribution in [0.25, 0.3) is 0 Å². The molecule has 0 aromatic carbocycles. The quantitative estimate of drug-likeness (QED) is 0.839. The summed E-state index contributed by atoms with van der Waals surface area (Å²) in [5.41, 5.74) is 5.57. The van der Waals surface area contributed by atoms with Gasteiger partial charge in [-0.3, -0.25) is 4.79 Å². The zero-order valence-corrected chi connectivity index (χ0v) is 12.0. The number of nitrogens with zero attached hydrogens (tertiary/aromatic N) is 1. The Morgan fingerprint density at radius 3 is 2.67 bits per heavy atom. The smallest absolute Gasteiger partial charge is 0.242 e. The average molecular weight is 252 g/mol. The van der Waals surface area contributed by atoms with E-state index in [1.54, 1.807) is 0 Å². The summed E-state index contributed by atoms with van der Waals surface area (Å²) in [6.07, 6.45) is 9.36. The number of fused-ring (bicyclic) bond motifs is 1. The van der Waals surface area contributed by atoms with Crippen molar-refractivity contribution in [3.63, 3.8) is 0 Å². The first kappa shape index (κ1) is 13.9. The Bertz CT molecular complexity index is 299. The van der Waals surface area contributed by atoms with Crippen molar-refractivity contribution in [3.8, 4) is 0 Å². The van der Waals surface area contributed by atoms with Crippen molar-refractivity contribution in [2.75, 3.05) is 6.54 Å². The second kappa shape index (κ2) is 5.60. The van der Waals surface area contributed by atoms with Gasteiger partial charge in [0.05, 0.1) is 5.54 Å². The van der Waals surface area contributed by atoms with E-state index in [-0.39, 0.29) is 5.91 Å². The summed E-state index contributed by atoms with van der Waals surface area (Å²) in [5, 5.41) is 0. The van der Waals surface area contributed by atoms with Crippen LogP contribution in [-0.4, -0.2) is 28.9 Å². The molecule has 1 aliphatic carbocycles. The van der Waals surface area contributed by atoms with Crippen LogP contribution in [0.5, 0.6) is 0 Å². The van der Waals surface area contributed by atoms with Crippen molar-refractivity contribution in [2.45, 2.75) is 76.8 Å². The van der Waals surface area contributed by atoms with Crippen LogP contribution in [0.2, 0.25) is 0 Å². The number of carbonyl (C=O) groups excluding carboxylic acids is 1. The van der Waals surface area contributed by atoms with E-state index in [4.69, 9.17) is 5.73 Å². The van der Waals surface area contributed by atoms with Crippen LogP contribution in [-0.2, 0) is 4.79 Å². The highest BCUT2D eigenvalue weighted by Crippen LogP contribution is 2.36. The first-order valence-corrected chi connectivity index (χ1v) is 7.66. The number of hydrogen-bond donors (Lipinski definition) is 1. The van der Waals surface area contributed by atoms with E-state index in [2.05, 4.69) is 11.8 Å². The van der Waals surface area contributed by atoms with Gasteiger partial charge in [-0.25, -0.2) is 0 Å². The molecule has 0 aromatic rings. The highest BCUT2D eigenvalue weighted by molar-refractivity contribution is 5.86. The minimum atomic E-state index is -0.659. The van der Waals surface area contributed by atoms with Crippen molar-refractivity contribution in [2.24, 2.45) is 11.7 Å². The number of nitrogens with two attached hydrogens (primary N) is 1. The highest BCUT2D eigenvalue weighted by Gasteiger charge is 2.40. The Hall–Kier alpha value is -0.570. The van der Waals surface area contributed by atoms with E-state index < -0.39 is 5.54 Å². The molecular weight excluding hydrogens is 224 g/mol. The van der Waals surface area contributed by atoms with Crippen molar-refractivity contribution >= 4 is 5.91 Å². The van der Waals surface area contributed by atoms with Crippen LogP contribution >= 0.6 is 0 Å². The van der Waals surface area contributed by atoms with Crippen LogP contribution in [0.4, 0.5) is 0 Å². The van der Waals surface area contributed by atoms with Gasteiger partial charge in [-0.15, -0.1) is 0 Å². The fraction of sp³-hybridized carbons (Fsp3) is 0.933. The monoisotopic (exact) mass is 252 g/mol. The number of amides is 1. The first-order valence-electron chi connectivity index (χ1n) is 7.66. The molecule has 0 radical (unpaired) electrons. The summed E-state index contributed by atoms with van der Waals surface area (Å²) in [6, 6.07) is 0.486. The predicted molar refractivity (Wildman–Crippen MR) is 74.2 cm³/mol. The van der Waals surface area contributed by atoms with Gasteiger partial charge in [-0.1, -0.05) is 26.2 Å². The zero-order chi connectivity index (χ0) is 13.2. The first-order chi connectivity index (χ1) is 8.56. The topological polar surface area (TPSA) is 46.3 Å². The lowest BCUT2D eigenvalue weighted by molar-refractivity contribution is -0.143. The molecular formula is C15H28N2O. The van der Waals surface area contributed by atoms with Crippen LogP contribution in [0.15, 0.2) is 0 Å². The molecule has 1 saturated carbocycles. The van der Waals surface area contributed by atoms with Crippen molar-refractivity contribution in [1.29, 1.82) is 0 Å². The third-order valence-electron chi connectivity index (χ3n) is 4.76. The fourth-order valence-corrected chi connectivity index (χ4v) is 3.83. The van der Waals surface area contributed by atoms with E-state index in [1.807, 2.05) is 6.92 Å². The van der Waals surface area contributed by atoms with E-state index in [9.17, 15) is 4.79 Å². The van der Waals surface area contributed by atoms with Crippen LogP contribution < -0.4 is 5.73 Å². The molecule has 0 spiro atoms. The Morgan fingerprint density at radius 1 is 1.28 bits per heavy atom. The number of rotatable bonds is 3. The summed E-state index contributed by atoms with van der Waals surface area (Å²) < 4.78 is 0. The van der Waals surface area contributed by atoms with Gasteiger partial charge in [0.25, 0.3) is 0 Å². The van der Waals surface area contributed by atoms with Crippen molar-refractivity contribution in [1.82, 2.24) is 4.90 Å². The molecule has 1 saturated heterocycles. The summed E-state index contributed by atoms with van der Waals surface area (Å²) >= 11 is 0. The normalized spacial score (nSPS) is 31.6. The lowest BCUT2D eigenvalue weighted by atomic mass is 9.77. The Labute approximate surface area is 111 Å². The average Bonchev–Trinajstić information content (AvgIpc) is 2.37. The number of carbonyl (C=O) groups is 1. The predicted octanol–water partition coefficient (Wildman–Crippen LogP) is 2.69. The van der Waals surface area contributed by atoms with E-state index in [0.29, 0.717) is 6.04 Å². The van der Waals surface area contributed by atoms with E-state index in [0.717, 1.165) is 31.7 Å². The molecule has 1 aliphatic heterocycles. The molecule has 104 valence electrons. The van der Waals surface area contributed by atoms with Gasteiger partial charge < -0.3 is 10.6 Å². The number of hydrogen-bond acceptors (Lipinski definition) is 2. The maximum atomic E-state index is 12.7. The van der Waals surface area contributed by atoms with Gasteiger partial charge in [0.1, 0.15) is 0 Å². The SMILES string of the molecule is CCCC(C)(N)C(=O)N1CCC[C@H]2CCCC[C@H]21. The molecule has 18 heavy (non-hydrogen) atoms. The maximum absolute atomic E-state index is 12.7. The van der Waals surface area contributed by atoms with Crippen LogP contribution in [0.1, 0.15) is 65.2 Å². The molecule has 0 bridgehead atoms. The van der Waals surface area contributed by atoms with E-state index in [1.165, 1.54) is 32.1 Å². The summed E-state index contributed by atoms with van der Waals surface area (Å²) in [4.78, 5) is 14.8. The Morgan fingerprint density at radius 2 is 1.94 bits per heavy atom. The molecule has 3 heteroatoms. The van der Waals surface area contributed by atoms with Crippen molar-refractivity contribution in [3.05, 3.63) is 0 Å². The molecule has 2 rings (SSSR count). The number of piperidine rings is 1. The van der Waals surface area contributed by atoms with Gasteiger partial charge in [0.15, 0.2) is 0 Å². The Balaban J connectivity index is 2.08. The lowest BCUT2D eigenvalue weighted by Crippen LogP contribution is -2.59. The van der Waals surface area contributed by atoms with Crippen LogP contribution in [0.3, 0.4) is 0 Å². The summed E-state index contributed by atoms with van der Waals surface area (Å²) in [7, 11) is 0. The zero-order valence-electron chi connectivity index (χ0n) is 12.0. The van der Waals surface area contributed by atoms with Crippen molar-refractivity contribution < 1.29 is 4.79 Å². The van der Waals surface area contributed by atoms with Gasteiger partial charge in [0, 0.05) is 12.6 Å². The van der Waals surface area contributed by atoms with Gasteiger partial charge in [-0.05, 0) is 44.9 Å². The molecule has 2 N–H and O–H groups in total. The van der Waals surface area contributed by atoms with Gasteiger partial charge >= 0.3 is 0 Å². The molecule has 3 nitrogen and oxygen atoms in total. The highest BCUT2D eigenvalue weighted by atomic mass is 16.2.